The van der Waals surface area contributed by atoms with Gasteiger partial charge in [-0.15, -0.1) is 0 Å². The number of likely N-dealkylation sites (N-methyl/N-ethyl adjacent to an activating group) is 1. The minimum absolute atomic E-state index is 0.0110. The Bertz CT molecular complexity index is 474. The van der Waals surface area contributed by atoms with E-state index in [4.69, 9.17) is 14.6 Å². The number of nitrogens with one attached hydrogen (secondary N) is 1. The Morgan fingerprint density at radius 3 is 2.71 bits per heavy atom. The number of methoxy groups -OCH3 is 1. The smallest absolute Gasteiger partial charge is 0.326 e. The van der Waals surface area contributed by atoms with Crippen LogP contribution in [0.4, 0.5) is 0 Å². The molecule has 5 nitrogen and oxygen atoms in total. The van der Waals surface area contributed by atoms with Gasteiger partial charge in [0, 0.05) is 6.42 Å². The molecule has 0 radical (unpaired) electrons. The molecule has 1 fully saturated rings. The molecule has 5 heteroatoms. The Kier molecular flexibility index (Phi) is 5.20. The van der Waals surface area contributed by atoms with Gasteiger partial charge in [-0.1, -0.05) is 19.1 Å². The highest BCUT2D eigenvalue weighted by Crippen LogP contribution is 2.33. The fourth-order valence-electron chi connectivity index (χ4n) is 2.92. The van der Waals surface area contributed by atoms with Gasteiger partial charge >= 0.3 is 5.97 Å². The lowest BCUT2D eigenvalue weighted by atomic mass is 9.97. The zero-order chi connectivity index (χ0) is 15.3. The zero-order valence-corrected chi connectivity index (χ0v) is 12.6. The first-order valence-electron chi connectivity index (χ1n) is 7.33. The quantitative estimate of drug-likeness (QED) is 0.780. The average molecular weight is 293 g/mol. The van der Waals surface area contributed by atoms with Crippen molar-refractivity contribution >= 4 is 5.97 Å². The summed E-state index contributed by atoms with van der Waals surface area (Å²) in [5.74, 6) is 0.542. The minimum atomic E-state index is -0.626. The molecule has 2 N–H and O–H groups in total. The second-order valence-electron chi connectivity index (χ2n) is 5.39. The van der Waals surface area contributed by atoms with Crippen LogP contribution in [-0.2, 0) is 16.1 Å². The Hall–Kier alpha value is -1.59. The molecule has 0 bridgehead atoms. The van der Waals surface area contributed by atoms with E-state index in [9.17, 15) is 4.79 Å². The van der Waals surface area contributed by atoms with Gasteiger partial charge in [-0.05, 0) is 37.1 Å². The van der Waals surface area contributed by atoms with Gasteiger partial charge < -0.3 is 19.9 Å². The largest absolute Gasteiger partial charge is 0.490 e. The van der Waals surface area contributed by atoms with Crippen molar-refractivity contribution in [1.82, 2.24) is 5.32 Å². The van der Waals surface area contributed by atoms with Crippen LogP contribution >= 0.6 is 0 Å². The maximum absolute atomic E-state index is 12.0. The van der Waals surface area contributed by atoms with Crippen molar-refractivity contribution in [3.8, 4) is 5.75 Å². The summed E-state index contributed by atoms with van der Waals surface area (Å²) >= 11 is 0. The number of aliphatic hydroxyl groups is 1. The number of aliphatic hydroxyl groups excluding tert-OH is 1. The molecule has 0 aromatic heterocycles. The summed E-state index contributed by atoms with van der Waals surface area (Å²) < 4.78 is 10.9. The molecule has 116 valence electrons. The Labute approximate surface area is 125 Å². The van der Waals surface area contributed by atoms with E-state index in [1.54, 1.807) is 0 Å². The van der Waals surface area contributed by atoms with Crippen LogP contribution in [0.25, 0.3) is 0 Å². The first-order chi connectivity index (χ1) is 10.1. The summed E-state index contributed by atoms with van der Waals surface area (Å²) in [5, 5.41) is 12.3. The molecule has 1 aliphatic carbocycles. The van der Waals surface area contributed by atoms with Crippen molar-refractivity contribution in [2.45, 2.75) is 44.4 Å². The molecule has 21 heavy (non-hydrogen) atoms. The number of carbonyl (C=O) groups is 1. The van der Waals surface area contributed by atoms with Crippen LogP contribution in [0.2, 0.25) is 0 Å². The summed E-state index contributed by atoms with van der Waals surface area (Å²) in [7, 11) is 1.42. The molecule has 0 aliphatic heterocycles. The van der Waals surface area contributed by atoms with Gasteiger partial charge in [-0.25, -0.2) is 0 Å². The standard InChI is InChI=1S/C16H23NO4/c1-3-17-16(15(19)20-2)9-8-14(10-16)21-13-6-4-12(11-18)5-7-13/h4-7,14,17-18H,3,8-11H2,1-2H3. The lowest BCUT2D eigenvalue weighted by Crippen LogP contribution is -2.51. The normalized spacial score (nSPS) is 24.8. The second kappa shape index (κ2) is 6.91. The molecule has 2 rings (SSSR count). The predicted molar refractivity (Wildman–Crippen MR) is 79.1 cm³/mol. The van der Waals surface area contributed by atoms with Gasteiger partial charge in [-0.2, -0.15) is 0 Å². The third kappa shape index (κ3) is 3.54. The first kappa shape index (κ1) is 15.8. The minimum Gasteiger partial charge on any atom is -0.490 e. The van der Waals surface area contributed by atoms with Gasteiger partial charge in [0.2, 0.25) is 0 Å². The Balaban J connectivity index is 2.01. The van der Waals surface area contributed by atoms with Crippen molar-refractivity contribution in [1.29, 1.82) is 0 Å². The fourth-order valence-corrected chi connectivity index (χ4v) is 2.92. The Morgan fingerprint density at radius 2 is 2.14 bits per heavy atom. The van der Waals surface area contributed by atoms with Crippen molar-refractivity contribution < 1.29 is 19.4 Å². The number of hydrogen-bond acceptors (Lipinski definition) is 5. The van der Waals surface area contributed by atoms with Crippen LogP contribution in [0.1, 0.15) is 31.7 Å². The number of carbonyl (C=O) groups excluding carboxylic acids is 1. The lowest BCUT2D eigenvalue weighted by molar-refractivity contribution is -0.148. The van der Waals surface area contributed by atoms with Crippen LogP contribution in [0.15, 0.2) is 24.3 Å². The van der Waals surface area contributed by atoms with E-state index in [1.807, 2.05) is 31.2 Å². The summed E-state index contributed by atoms with van der Waals surface area (Å²) in [5.41, 5.74) is 0.226. The van der Waals surface area contributed by atoms with E-state index < -0.39 is 5.54 Å². The number of rotatable bonds is 6. The summed E-state index contributed by atoms with van der Waals surface area (Å²) in [6, 6.07) is 7.36. The van der Waals surface area contributed by atoms with Crippen LogP contribution in [0, 0.1) is 0 Å². The number of ether oxygens (including phenoxy) is 2. The van der Waals surface area contributed by atoms with E-state index in [-0.39, 0.29) is 18.7 Å². The first-order valence-corrected chi connectivity index (χ1v) is 7.33. The van der Waals surface area contributed by atoms with Crippen LogP contribution in [-0.4, -0.2) is 36.4 Å². The molecule has 2 atom stereocenters. The van der Waals surface area contributed by atoms with Crippen LogP contribution in [0.5, 0.6) is 5.75 Å². The SMILES string of the molecule is CCNC1(C(=O)OC)CCC(Oc2ccc(CO)cc2)C1. The highest BCUT2D eigenvalue weighted by atomic mass is 16.5. The average Bonchev–Trinajstić information content (AvgIpc) is 2.91. The summed E-state index contributed by atoms with van der Waals surface area (Å²) in [6.07, 6.45) is 2.12. The molecule has 0 spiro atoms. The highest BCUT2D eigenvalue weighted by molar-refractivity contribution is 5.81. The summed E-state index contributed by atoms with van der Waals surface area (Å²) in [6.45, 7) is 2.72. The van der Waals surface area contributed by atoms with Gasteiger partial charge in [-0.3, -0.25) is 4.79 Å². The zero-order valence-electron chi connectivity index (χ0n) is 12.6. The molecular formula is C16H23NO4. The number of esters is 1. The van der Waals surface area contributed by atoms with Gasteiger partial charge in [0.15, 0.2) is 0 Å². The van der Waals surface area contributed by atoms with Crippen LogP contribution in [0.3, 0.4) is 0 Å². The molecule has 0 heterocycles. The van der Waals surface area contributed by atoms with Crippen molar-refractivity contribution in [3.05, 3.63) is 29.8 Å². The highest BCUT2D eigenvalue weighted by Gasteiger charge is 2.46. The maximum atomic E-state index is 12.0. The fraction of sp³-hybridized carbons (Fsp3) is 0.562. The topological polar surface area (TPSA) is 67.8 Å². The third-order valence-electron chi connectivity index (χ3n) is 3.97. The van der Waals surface area contributed by atoms with Crippen molar-refractivity contribution in [3.63, 3.8) is 0 Å². The number of hydrogen-bond donors (Lipinski definition) is 2. The lowest BCUT2D eigenvalue weighted by Gasteiger charge is -2.27. The monoisotopic (exact) mass is 293 g/mol. The summed E-state index contributed by atoms with van der Waals surface area (Å²) in [4.78, 5) is 12.0. The second-order valence-corrected chi connectivity index (χ2v) is 5.39. The van der Waals surface area contributed by atoms with Crippen molar-refractivity contribution in [2.75, 3.05) is 13.7 Å². The third-order valence-corrected chi connectivity index (χ3v) is 3.97. The predicted octanol–water partition coefficient (Wildman–Crippen LogP) is 1.63. The van der Waals surface area contributed by atoms with Crippen LogP contribution < -0.4 is 10.1 Å². The maximum Gasteiger partial charge on any atom is 0.326 e. The molecule has 0 saturated heterocycles. The van der Waals surface area contributed by atoms with Gasteiger partial charge in [0.05, 0.1) is 13.7 Å². The Morgan fingerprint density at radius 1 is 1.43 bits per heavy atom. The van der Waals surface area contributed by atoms with Gasteiger partial charge in [0.25, 0.3) is 0 Å². The van der Waals surface area contributed by atoms with Gasteiger partial charge in [0.1, 0.15) is 17.4 Å². The molecule has 1 aromatic carbocycles. The number of benzene rings is 1. The van der Waals surface area contributed by atoms with E-state index in [0.717, 1.165) is 17.7 Å². The molecule has 1 aliphatic rings. The molecule has 1 aromatic rings. The molecule has 2 unspecified atom stereocenters. The molecular weight excluding hydrogens is 270 g/mol. The van der Waals surface area contributed by atoms with E-state index in [2.05, 4.69) is 5.32 Å². The van der Waals surface area contributed by atoms with E-state index in [0.29, 0.717) is 19.4 Å². The molecule has 0 amide bonds. The van der Waals surface area contributed by atoms with E-state index in [1.165, 1.54) is 7.11 Å². The molecule has 1 saturated carbocycles. The van der Waals surface area contributed by atoms with E-state index >= 15 is 0 Å². The van der Waals surface area contributed by atoms with Crippen molar-refractivity contribution in [2.24, 2.45) is 0 Å².